The number of halogens is 4. The molecular formula is C21H23F4N3O. The van der Waals surface area contributed by atoms with Crippen LogP contribution in [0.1, 0.15) is 43.5 Å². The van der Waals surface area contributed by atoms with Crippen LogP contribution in [-0.4, -0.2) is 27.7 Å². The second-order valence-electron chi connectivity index (χ2n) is 9.08. The molecule has 0 spiro atoms. The third-order valence-corrected chi connectivity index (χ3v) is 6.76. The van der Waals surface area contributed by atoms with Crippen LogP contribution in [0, 0.1) is 23.7 Å². The van der Waals surface area contributed by atoms with Crippen molar-refractivity contribution in [1.29, 1.82) is 0 Å². The maximum atomic E-state index is 13.3. The van der Waals surface area contributed by atoms with Gasteiger partial charge in [-0.3, -0.25) is 4.79 Å². The zero-order chi connectivity index (χ0) is 20.4. The molecule has 5 rings (SSSR count). The Morgan fingerprint density at radius 3 is 2.55 bits per heavy atom. The van der Waals surface area contributed by atoms with Gasteiger partial charge in [0.15, 0.2) is 0 Å². The van der Waals surface area contributed by atoms with Gasteiger partial charge in [-0.05, 0) is 42.4 Å². The van der Waals surface area contributed by atoms with Crippen LogP contribution >= 0.6 is 0 Å². The number of aromatic nitrogens is 2. The molecule has 0 aliphatic heterocycles. The summed E-state index contributed by atoms with van der Waals surface area (Å²) in [5, 5.41) is 2.78. The van der Waals surface area contributed by atoms with Crippen LogP contribution in [0.2, 0.25) is 0 Å². The predicted molar refractivity (Wildman–Crippen MR) is 98.6 cm³/mol. The largest absolute Gasteiger partial charge is 0.352 e. The molecule has 1 heterocycles. The van der Waals surface area contributed by atoms with Gasteiger partial charge in [0.25, 0.3) is 5.92 Å². The fraction of sp³-hybridized carbons (Fsp3) is 0.619. The van der Waals surface area contributed by atoms with Crippen LogP contribution in [-0.2, 0) is 17.8 Å². The molecule has 156 valence electrons. The van der Waals surface area contributed by atoms with Gasteiger partial charge in [-0.2, -0.15) is 0 Å². The molecule has 0 radical (unpaired) electrons. The van der Waals surface area contributed by atoms with Crippen LogP contribution in [0.15, 0.2) is 18.2 Å². The van der Waals surface area contributed by atoms with Crippen molar-refractivity contribution in [2.75, 3.05) is 0 Å². The minimum Gasteiger partial charge on any atom is -0.352 e. The first-order chi connectivity index (χ1) is 13.7. The zero-order valence-electron chi connectivity index (χ0n) is 15.9. The van der Waals surface area contributed by atoms with E-state index in [1.807, 2.05) is 18.2 Å². The topological polar surface area (TPSA) is 57.8 Å². The van der Waals surface area contributed by atoms with Gasteiger partial charge in [0, 0.05) is 44.1 Å². The molecular weight excluding hydrogens is 386 g/mol. The average molecular weight is 409 g/mol. The lowest BCUT2D eigenvalue weighted by molar-refractivity contribution is -0.133. The number of carbonyl (C=O) groups excluding carboxylic acids is 1. The first kappa shape index (κ1) is 18.9. The number of hydrogen-bond acceptors (Lipinski definition) is 2. The lowest BCUT2D eigenvalue weighted by Crippen LogP contribution is -2.38. The van der Waals surface area contributed by atoms with Gasteiger partial charge in [-0.25, -0.2) is 22.5 Å². The Morgan fingerprint density at radius 1 is 1.14 bits per heavy atom. The van der Waals surface area contributed by atoms with E-state index < -0.39 is 23.7 Å². The van der Waals surface area contributed by atoms with E-state index in [0.717, 1.165) is 22.4 Å². The molecule has 4 nitrogen and oxygen atoms in total. The lowest BCUT2D eigenvalue weighted by Gasteiger charge is -2.34. The molecule has 3 fully saturated rings. The highest BCUT2D eigenvalue weighted by atomic mass is 19.3. The molecule has 1 aromatic carbocycles. The van der Waals surface area contributed by atoms with Crippen molar-refractivity contribution >= 4 is 16.9 Å². The van der Waals surface area contributed by atoms with Crippen molar-refractivity contribution in [3.63, 3.8) is 0 Å². The van der Waals surface area contributed by atoms with Crippen molar-refractivity contribution < 1.29 is 22.4 Å². The van der Waals surface area contributed by atoms with Crippen molar-refractivity contribution in [3.8, 4) is 0 Å². The van der Waals surface area contributed by atoms with E-state index in [2.05, 4.69) is 15.3 Å². The smallest absolute Gasteiger partial charge is 0.254 e. The van der Waals surface area contributed by atoms with Gasteiger partial charge in [0.2, 0.25) is 11.8 Å². The highest BCUT2D eigenvalue weighted by molar-refractivity contribution is 5.78. The Balaban J connectivity index is 1.14. The maximum absolute atomic E-state index is 13.3. The molecule has 2 N–H and O–H groups in total. The molecule has 1 aromatic heterocycles. The minimum atomic E-state index is -2.60. The van der Waals surface area contributed by atoms with Gasteiger partial charge < -0.3 is 10.3 Å². The van der Waals surface area contributed by atoms with E-state index in [1.54, 1.807) is 0 Å². The second-order valence-corrected chi connectivity index (χ2v) is 9.08. The number of alkyl halides is 4. The third-order valence-electron chi connectivity index (χ3n) is 6.76. The SMILES string of the molecule is O=C(CC1CC(F)(F)C1)NCc1ccc2nc(CC3CC4C(C3)C4(F)F)[nH]c2c1. The van der Waals surface area contributed by atoms with Gasteiger partial charge in [-0.15, -0.1) is 0 Å². The zero-order valence-corrected chi connectivity index (χ0v) is 15.9. The maximum Gasteiger partial charge on any atom is 0.254 e. The average Bonchev–Trinajstić information content (AvgIpc) is 3.02. The number of H-pyrrole nitrogens is 1. The normalized spacial score (nSPS) is 29.4. The molecule has 8 heteroatoms. The Morgan fingerprint density at radius 2 is 1.86 bits per heavy atom. The highest BCUT2D eigenvalue weighted by Gasteiger charge is 2.71. The van der Waals surface area contributed by atoms with Gasteiger partial charge >= 0.3 is 0 Å². The summed E-state index contributed by atoms with van der Waals surface area (Å²) in [6.07, 6.45) is 1.54. The lowest BCUT2D eigenvalue weighted by atomic mass is 9.79. The summed E-state index contributed by atoms with van der Waals surface area (Å²) in [7, 11) is 0. The number of hydrogen-bond donors (Lipinski definition) is 2. The van der Waals surface area contributed by atoms with Crippen LogP contribution in [0.5, 0.6) is 0 Å². The van der Waals surface area contributed by atoms with Gasteiger partial charge in [-0.1, -0.05) is 6.07 Å². The Labute approximate surface area is 165 Å². The summed E-state index contributed by atoms with van der Waals surface area (Å²) >= 11 is 0. The first-order valence-electron chi connectivity index (χ1n) is 10.2. The Hall–Kier alpha value is -2.12. The number of amides is 1. The van der Waals surface area contributed by atoms with Crippen LogP contribution < -0.4 is 5.32 Å². The van der Waals surface area contributed by atoms with Crippen LogP contribution in [0.3, 0.4) is 0 Å². The molecule has 1 amide bonds. The van der Waals surface area contributed by atoms with E-state index in [1.165, 1.54) is 0 Å². The molecule has 0 saturated heterocycles. The number of carbonyl (C=O) groups is 1. The highest BCUT2D eigenvalue weighted by Crippen LogP contribution is 2.65. The van der Waals surface area contributed by atoms with E-state index >= 15 is 0 Å². The summed E-state index contributed by atoms with van der Waals surface area (Å²) < 4.78 is 52.4. The van der Waals surface area contributed by atoms with E-state index in [9.17, 15) is 22.4 Å². The number of imidazole rings is 1. The number of fused-ring (bicyclic) bond motifs is 2. The van der Waals surface area contributed by atoms with Crippen LogP contribution in [0.25, 0.3) is 11.0 Å². The van der Waals surface area contributed by atoms with Crippen LogP contribution in [0.4, 0.5) is 17.6 Å². The summed E-state index contributed by atoms with van der Waals surface area (Å²) in [6.45, 7) is 0.327. The quantitative estimate of drug-likeness (QED) is 0.693. The summed E-state index contributed by atoms with van der Waals surface area (Å²) in [5.41, 5.74) is 2.54. The monoisotopic (exact) mass is 409 g/mol. The molecule has 2 unspecified atom stereocenters. The molecule has 29 heavy (non-hydrogen) atoms. The van der Waals surface area contributed by atoms with Gasteiger partial charge in [0.1, 0.15) is 5.82 Å². The number of aromatic amines is 1. The molecule has 3 aliphatic rings. The fourth-order valence-corrected chi connectivity index (χ4v) is 5.14. The van der Waals surface area contributed by atoms with Crippen molar-refractivity contribution in [3.05, 3.63) is 29.6 Å². The van der Waals surface area contributed by atoms with Gasteiger partial charge in [0.05, 0.1) is 11.0 Å². The Bertz CT molecular complexity index is 935. The number of nitrogens with one attached hydrogen (secondary N) is 2. The number of benzene rings is 1. The van der Waals surface area contributed by atoms with E-state index in [4.69, 9.17) is 0 Å². The predicted octanol–water partition coefficient (Wildman–Crippen LogP) is 4.45. The molecule has 2 aromatic rings. The molecule has 0 bridgehead atoms. The standard InChI is InChI=1S/C21H23F4N3O/c22-20(23)8-13(9-20)7-19(29)26-10-11-1-2-16-17(5-11)28-18(27-16)6-12-3-14-15(4-12)21(14,24)25/h1-2,5,12-15H,3-4,6-10H2,(H,26,29)(H,27,28). The number of rotatable bonds is 6. The molecule has 3 aliphatic carbocycles. The first-order valence-corrected chi connectivity index (χ1v) is 10.2. The van der Waals surface area contributed by atoms with E-state index in [-0.39, 0.29) is 37.0 Å². The van der Waals surface area contributed by atoms with Crippen molar-refractivity contribution in [2.45, 2.75) is 56.9 Å². The van der Waals surface area contributed by atoms with E-state index in [0.29, 0.717) is 25.8 Å². The minimum absolute atomic E-state index is 0.133. The van der Waals surface area contributed by atoms with Crippen molar-refractivity contribution in [1.82, 2.24) is 15.3 Å². The summed E-state index contributed by atoms with van der Waals surface area (Å²) in [4.78, 5) is 19.8. The summed E-state index contributed by atoms with van der Waals surface area (Å²) in [5.74, 6) is -5.30. The molecule has 3 saturated carbocycles. The van der Waals surface area contributed by atoms with Crippen molar-refractivity contribution in [2.24, 2.45) is 23.7 Å². The number of nitrogens with zero attached hydrogens (tertiary/aromatic N) is 1. The molecule has 2 atom stereocenters. The Kier molecular flexibility index (Phi) is 4.19. The third kappa shape index (κ3) is 3.62. The second kappa shape index (κ2) is 6.44. The fourth-order valence-electron chi connectivity index (χ4n) is 5.14. The summed E-state index contributed by atoms with van der Waals surface area (Å²) in [6, 6.07) is 5.64.